The Kier molecular flexibility index (Phi) is 5.13. The summed E-state index contributed by atoms with van der Waals surface area (Å²) in [5, 5.41) is 11.6. The molecular weight excluding hydrogens is 324 g/mol. The van der Waals surface area contributed by atoms with Crippen molar-refractivity contribution < 1.29 is 4.92 Å². The van der Waals surface area contributed by atoms with Crippen LogP contribution >= 0.6 is 0 Å². The number of benzene rings is 2. The minimum atomic E-state index is -0.327. The highest BCUT2D eigenvalue weighted by molar-refractivity contribution is 5.88. The van der Waals surface area contributed by atoms with Crippen LogP contribution in [0.1, 0.15) is 29.3 Å². The van der Waals surface area contributed by atoms with Gasteiger partial charge in [-0.3, -0.25) is 10.1 Å². The lowest BCUT2D eigenvalue weighted by molar-refractivity contribution is -0.385. The second-order valence-corrected chi connectivity index (χ2v) is 5.96. The number of aryl methyl sites for hydroxylation is 1. The van der Waals surface area contributed by atoms with Gasteiger partial charge in [0.05, 0.1) is 22.4 Å². The van der Waals surface area contributed by atoms with Crippen LogP contribution in [0, 0.1) is 10.1 Å². The molecular formula is C22H20N2O2. The monoisotopic (exact) mass is 344 g/mol. The molecule has 0 amide bonds. The van der Waals surface area contributed by atoms with E-state index in [0.717, 1.165) is 22.4 Å². The highest BCUT2D eigenvalue weighted by Gasteiger charge is 2.23. The molecule has 0 atom stereocenters. The molecule has 0 aliphatic heterocycles. The number of rotatable bonds is 5. The maximum atomic E-state index is 11.6. The first-order chi connectivity index (χ1) is 12.6. The number of aromatic nitrogens is 1. The molecule has 0 bridgehead atoms. The summed E-state index contributed by atoms with van der Waals surface area (Å²) < 4.78 is 1.82. The molecule has 0 aliphatic rings. The van der Waals surface area contributed by atoms with E-state index in [1.165, 1.54) is 0 Å². The molecule has 1 heterocycles. The van der Waals surface area contributed by atoms with Crippen molar-refractivity contribution in [2.75, 3.05) is 0 Å². The Morgan fingerprint density at radius 3 is 2.19 bits per heavy atom. The molecule has 4 nitrogen and oxygen atoms in total. The predicted octanol–water partition coefficient (Wildman–Crippen LogP) is 5.56. The van der Waals surface area contributed by atoms with Crippen molar-refractivity contribution in [3.63, 3.8) is 0 Å². The van der Waals surface area contributed by atoms with Crippen molar-refractivity contribution in [1.82, 2.24) is 4.57 Å². The van der Waals surface area contributed by atoms with E-state index in [2.05, 4.69) is 0 Å². The van der Waals surface area contributed by atoms with Gasteiger partial charge in [0.1, 0.15) is 0 Å². The van der Waals surface area contributed by atoms with Gasteiger partial charge >= 0.3 is 0 Å². The number of allylic oxidation sites excluding steroid dienone is 1. The van der Waals surface area contributed by atoms with Gasteiger partial charge in [0.15, 0.2) is 0 Å². The van der Waals surface area contributed by atoms with Crippen molar-refractivity contribution in [2.24, 2.45) is 7.05 Å². The smallest absolute Gasteiger partial charge is 0.294 e. The largest absolute Gasteiger partial charge is 0.344 e. The Morgan fingerprint density at radius 2 is 1.62 bits per heavy atom. The van der Waals surface area contributed by atoms with Crippen LogP contribution in [0.15, 0.2) is 72.9 Å². The van der Waals surface area contributed by atoms with Crippen LogP contribution in [-0.4, -0.2) is 9.49 Å². The molecule has 2 aromatic carbocycles. The molecule has 0 fully saturated rings. The third kappa shape index (κ3) is 3.49. The zero-order valence-electron chi connectivity index (χ0n) is 14.8. The summed E-state index contributed by atoms with van der Waals surface area (Å²) in [5.74, 6) is 0. The molecule has 0 saturated heterocycles. The van der Waals surface area contributed by atoms with Gasteiger partial charge in [-0.1, -0.05) is 72.8 Å². The van der Waals surface area contributed by atoms with Crippen LogP contribution in [0.25, 0.3) is 17.7 Å². The maximum Gasteiger partial charge on any atom is 0.294 e. The third-order valence-electron chi connectivity index (χ3n) is 4.27. The molecule has 0 unspecified atom stereocenters. The minimum absolute atomic E-state index is 0.102. The fourth-order valence-electron chi connectivity index (χ4n) is 3.08. The Hall–Kier alpha value is -3.40. The number of hydrogen-bond acceptors (Lipinski definition) is 2. The van der Waals surface area contributed by atoms with Gasteiger partial charge < -0.3 is 4.57 Å². The molecule has 1 aromatic heterocycles. The summed E-state index contributed by atoms with van der Waals surface area (Å²) in [6.45, 7) is 1.95. The Morgan fingerprint density at radius 1 is 1.00 bits per heavy atom. The minimum Gasteiger partial charge on any atom is -0.344 e. The standard InChI is InChI=1S/C22H20N2O2/c1-3-19(18-12-8-5-9-13-18)22-20(21(24(25)26)16-23(22)2)15-14-17-10-6-4-7-11-17/h3-16H,1-2H3/b15-14+,19-3+. The predicted molar refractivity (Wildman–Crippen MR) is 107 cm³/mol. The van der Waals surface area contributed by atoms with E-state index in [-0.39, 0.29) is 10.6 Å². The first kappa shape index (κ1) is 17.4. The second-order valence-electron chi connectivity index (χ2n) is 5.96. The van der Waals surface area contributed by atoms with Crippen LogP contribution < -0.4 is 0 Å². The highest BCUT2D eigenvalue weighted by Crippen LogP contribution is 2.34. The average Bonchev–Trinajstić information content (AvgIpc) is 2.99. The Balaban J connectivity index is 2.16. The summed E-state index contributed by atoms with van der Waals surface area (Å²) in [6, 6.07) is 19.7. The number of nitro groups is 1. The van der Waals surface area contributed by atoms with Crippen LogP contribution in [0.4, 0.5) is 5.69 Å². The molecule has 3 aromatic rings. The summed E-state index contributed by atoms with van der Waals surface area (Å²) >= 11 is 0. The topological polar surface area (TPSA) is 48.1 Å². The molecule has 0 radical (unpaired) electrons. The van der Waals surface area contributed by atoms with Gasteiger partial charge in [-0.2, -0.15) is 0 Å². The second kappa shape index (κ2) is 7.66. The van der Waals surface area contributed by atoms with E-state index < -0.39 is 0 Å². The first-order valence-electron chi connectivity index (χ1n) is 8.40. The van der Waals surface area contributed by atoms with E-state index in [4.69, 9.17) is 0 Å². The van der Waals surface area contributed by atoms with Gasteiger partial charge in [-0.05, 0) is 24.1 Å². The molecule has 26 heavy (non-hydrogen) atoms. The zero-order valence-corrected chi connectivity index (χ0v) is 14.8. The van der Waals surface area contributed by atoms with Gasteiger partial charge in [-0.25, -0.2) is 0 Å². The van der Waals surface area contributed by atoms with Crippen molar-refractivity contribution in [2.45, 2.75) is 6.92 Å². The summed E-state index contributed by atoms with van der Waals surface area (Å²) in [4.78, 5) is 11.3. The highest BCUT2D eigenvalue weighted by atomic mass is 16.6. The Labute approximate surface area is 152 Å². The van der Waals surface area contributed by atoms with Crippen LogP contribution in [0.5, 0.6) is 0 Å². The van der Waals surface area contributed by atoms with E-state index >= 15 is 0 Å². The Bertz CT molecular complexity index is 968. The summed E-state index contributed by atoms with van der Waals surface area (Å²) in [6.07, 6.45) is 7.31. The average molecular weight is 344 g/mol. The first-order valence-corrected chi connectivity index (χ1v) is 8.40. The summed E-state index contributed by atoms with van der Waals surface area (Å²) in [5.41, 5.74) is 4.54. The number of nitrogens with zero attached hydrogens (tertiary/aromatic N) is 2. The lowest BCUT2D eigenvalue weighted by Crippen LogP contribution is -1.98. The fourth-order valence-corrected chi connectivity index (χ4v) is 3.08. The quantitative estimate of drug-likeness (QED) is 0.450. The fraction of sp³-hybridized carbons (Fsp3) is 0.0909. The summed E-state index contributed by atoms with van der Waals surface area (Å²) in [7, 11) is 1.84. The van der Waals surface area contributed by atoms with Crippen LogP contribution in [0.2, 0.25) is 0 Å². The van der Waals surface area contributed by atoms with E-state index in [1.54, 1.807) is 6.20 Å². The molecule has 0 saturated carbocycles. The molecule has 4 heteroatoms. The lowest BCUT2D eigenvalue weighted by atomic mass is 9.98. The number of hydrogen-bond donors (Lipinski definition) is 0. The zero-order chi connectivity index (χ0) is 18.5. The third-order valence-corrected chi connectivity index (χ3v) is 4.27. The van der Waals surface area contributed by atoms with Crippen molar-refractivity contribution in [3.8, 4) is 0 Å². The maximum absolute atomic E-state index is 11.6. The normalized spacial score (nSPS) is 11.8. The van der Waals surface area contributed by atoms with Crippen LogP contribution in [-0.2, 0) is 7.05 Å². The van der Waals surface area contributed by atoms with E-state index in [0.29, 0.717) is 5.56 Å². The molecule has 0 N–H and O–H groups in total. The lowest BCUT2D eigenvalue weighted by Gasteiger charge is -2.10. The van der Waals surface area contributed by atoms with Crippen LogP contribution in [0.3, 0.4) is 0 Å². The van der Waals surface area contributed by atoms with Gasteiger partial charge in [-0.15, -0.1) is 0 Å². The molecule has 130 valence electrons. The van der Waals surface area contributed by atoms with Crippen molar-refractivity contribution in [3.05, 3.63) is 105 Å². The molecule has 3 rings (SSSR count). The van der Waals surface area contributed by atoms with Gasteiger partial charge in [0, 0.05) is 12.6 Å². The van der Waals surface area contributed by atoms with E-state index in [9.17, 15) is 10.1 Å². The van der Waals surface area contributed by atoms with Gasteiger partial charge in [0.2, 0.25) is 0 Å². The molecule has 0 spiro atoms. The molecule has 0 aliphatic carbocycles. The van der Waals surface area contributed by atoms with Gasteiger partial charge in [0.25, 0.3) is 5.69 Å². The SMILES string of the molecule is C/C=C(\c1ccccc1)c1c(/C=C/c2ccccc2)c([N+](=O)[O-])cn1C. The van der Waals surface area contributed by atoms with E-state index in [1.807, 2.05) is 97.4 Å². The van der Waals surface area contributed by atoms with Crippen molar-refractivity contribution >= 4 is 23.4 Å². The van der Waals surface area contributed by atoms with Crippen molar-refractivity contribution in [1.29, 1.82) is 0 Å².